The molecule has 9 heteroatoms. The number of furan rings is 1. The molecule has 1 saturated carbocycles. The second-order valence-corrected chi connectivity index (χ2v) is 7.77. The van der Waals surface area contributed by atoms with E-state index >= 15 is 0 Å². The van der Waals surface area contributed by atoms with Gasteiger partial charge in [0.15, 0.2) is 5.76 Å². The largest absolute Gasteiger partial charge is 0.461 e. The van der Waals surface area contributed by atoms with E-state index < -0.39 is 11.9 Å². The molecule has 0 bridgehead atoms. The van der Waals surface area contributed by atoms with Gasteiger partial charge in [-0.2, -0.15) is 0 Å². The number of halogens is 1. The van der Waals surface area contributed by atoms with Crippen LogP contribution in [0.2, 0.25) is 5.02 Å². The van der Waals surface area contributed by atoms with Gasteiger partial charge < -0.3 is 9.15 Å². The van der Waals surface area contributed by atoms with E-state index in [-0.39, 0.29) is 23.7 Å². The monoisotopic (exact) mass is 430 g/mol. The number of ketones is 1. The van der Waals surface area contributed by atoms with Gasteiger partial charge in [-0.15, -0.1) is 5.10 Å². The van der Waals surface area contributed by atoms with E-state index in [1.165, 1.54) is 24.8 Å². The molecule has 1 aromatic heterocycles. The van der Waals surface area contributed by atoms with Gasteiger partial charge in [0, 0.05) is 10.9 Å². The van der Waals surface area contributed by atoms with E-state index in [0.717, 1.165) is 31.4 Å². The van der Waals surface area contributed by atoms with Gasteiger partial charge in [0.1, 0.15) is 6.17 Å². The normalized spacial score (nSPS) is 19.5. The first-order chi connectivity index (χ1) is 14.6. The number of anilines is 1. The van der Waals surface area contributed by atoms with E-state index in [0.29, 0.717) is 5.02 Å². The number of amidine groups is 1. The Hall–Kier alpha value is -3.00. The molecule has 0 spiro atoms. The molecule has 1 aliphatic carbocycles. The van der Waals surface area contributed by atoms with E-state index in [2.05, 4.69) is 10.5 Å². The Balaban J connectivity index is 1.76. The second kappa shape index (κ2) is 8.79. The molecule has 8 nitrogen and oxygen atoms in total. The Morgan fingerprint density at radius 3 is 2.53 bits per heavy atom. The standard InChI is InChI=1S/C21H23ClN4O4/c1-29-21(28)24-26-19(18(27)17-8-5-13-30-17)23-25(16-11-9-15(22)10-12-16)20(26)14-6-3-2-4-7-14/h5,8-14,20H,2-4,6-7H2,1H3,(H,24,28). The third-order valence-corrected chi connectivity index (χ3v) is 5.71. The molecule has 1 atom stereocenters. The highest BCUT2D eigenvalue weighted by Crippen LogP contribution is 2.36. The summed E-state index contributed by atoms with van der Waals surface area (Å²) in [5.74, 6) is -0.0162. The van der Waals surface area contributed by atoms with Crippen molar-refractivity contribution in [2.45, 2.75) is 38.3 Å². The molecule has 2 aliphatic rings. The number of hydrazine groups is 1. The van der Waals surface area contributed by atoms with Gasteiger partial charge in [-0.05, 0) is 49.2 Å². The molecule has 2 aromatic rings. The number of rotatable bonds is 5. The number of ether oxygens (including phenoxy) is 1. The van der Waals surface area contributed by atoms with Gasteiger partial charge >= 0.3 is 6.09 Å². The maximum atomic E-state index is 13.1. The number of carbonyl (C=O) groups is 2. The summed E-state index contributed by atoms with van der Waals surface area (Å²) in [6.45, 7) is 0. The molecule has 1 amide bonds. The van der Waals surface area contributed by atoms with E-state index in [4.69, 9.17) is 20.8 Å². The van der Waals surface area contributed by atoms with Crippen LogP contribution in [-0.2, 0) is 4.74 Å². The van der Waals surface area contributed by atoms with Crippen molar-refractivity contribution in [2.24, 2.45) is 11.0 Å². The highest BCUT2D eigenvalue weighted by atomic mass is 35.5. The quantitative estimate of drug-likeness (QED) is 0.706. The molecule has 1 N–H and O–H groups in total. The van der Waals surface area contributed by atoms with Gasteiger partial charge in [-0.3, -0.25) is 4.79 Å². The van der Waals surface area contributed by atoms with Crippen molar-refractivity contribution in [3.05, 3.63) is 53.4 Å². The van der Waals surface area contributed by atoms with Crippen LogP contribution in [-0.4, -0.2) is 36.0 Å². The number of methoxy groups -OCH3 is 1. The topological polar surface area (TPSA) is 87.4 Å². The number of hydrogen-bond acceptors (Lipinski definition) is 7. The zero-order chi connectivity index (χ0) is 21.1. The minimum atomic E-state index is -0.672. The van der Waals surface area contributed by atoms with Gasteiger partial charge in [-0.1, -0.05) is 30.9 Å². The number of nitrogens with one attached hydrogen (secondary N) is 1. The molecule has 2 heterocycles. The first kappa shape index (κ1) is 20.3. The number of nitrogens with zero attached hydrogens (tertiary/aromatic N) is 3. The third kappa shape index (κ3) is 4.00. The summed E-state index contributed by atoms with van der Waals surface area (Å²) in [6.07, 6.45) is 5.65. The number of hydrazone groups is 1. The lowest BCUT2D eigenvalue weighted by atomic mass is 9.86. The van der Waals surface area contributed by atoms with Gasteiger partial charge in [0.25, 0.3) is 5.78 Å². The Morgan fingerprint density at radius 2 is 1.90 bits per heavy atom. The van der Waals surface area contributed by atoms with E-state index in [1.54, 1.807) is 29.3 Å². The zero-order valence-electron chi connectivity index (χ0n) is 16.6. The van der Waals surface area contributed by atoms with Crippen LogP contribution in [0.25, 0.3) is 0 Å². The van der Waals surface area contributed by atoms with Crippen LogP contribution in [0.1, 0.15) is 42.7 Å². The summed E-state index contributed by atoms with van der Waals surface area (Å²) in [4.78, 5) is 25.3. The molecule has 0 radical (unpaired) electrons. The molecule has 1 unspecified atom stereocenters. The summed E-state index contributed by atoms with van der Waals surface area (Å²) in [5, 5.41) is 8.52. The average Bonchev–Trinajstić information content (AvgIpc) is 3.43. The lowest BCUT2D eigenvalue weighted by molar-refractivity contribution is 0.0962. The maximum absolute atomic E-state index is 13.1. The number of benzene rings is 1. The van der Waals surface area contributed by atoms with Gasteiger partial charge in [0.05, 0.1) is 19.1 Å². The second-order valence-electron chi connectivity index (χ2n) is 7.34. The molecule has 158 valence electrons. The van der Waals surface area contributed by atoms with Crippen molar-refractivity contribution in [1.82, 2.24) is 10.4 Å². The van der Waals surface area contributed by atoms with Crippen molar-refractivity contribution in [3.63, 3.8) is 0 Å². The average molecular weight is 431 g/mol. The molecule has 30 heavy (non-hydrogen) atoms. The van der Waals surface area contributed by atoms with Crippen molar-refractivity contribution in [2.75, 3.05) is 12.1 Å². The smallest absolute Gasteiger partial charge is 0.425 e. The van der Waals surface area contributed by atoms with Crippen molar-refractivity contribution in [1.29, 1.82) is 0 Å². The highest BCUT2D eigenvalue weighted by molar-refractivity contribution is 6.45. The zero-order valence-corrected chi connectivity index (χ0v) is 17.3. The summed E-state index contributed by atoms with van der Waals surface area (Å²) in [7, 11) is 1.28. The Kier molecular flexibility index (Phi) is 5.94. The summed E-state index contributed by atoms with van der Waals surface area (Å²) < 4.78 is 10.1. The fraction of sp³-hybridized carbons (Fsp3) is 0.381. The Bertz CT molecular complexity index is 923. The van der Waals surface area contributed by atoms with Crippen molar-refractivity contribution < 1.29 is 18.7 Å². The molecular weight excluding hydrogens is 408 g/mol. The molecule has 1 aromatic carbocycles. The van der Waals surface area contributed by atoms with Gasteiger partial charge in [-0.25, -0.2) is 20.2 Å². The van der Waals surface area contributed by atoms with Crippen LogP contribution in [0.3, 0.4) is 0 Å². The van der Waals surface area contributed by atoms with E-state index in [1.807, 2.05) is 12.1 Å². The fourth-order valence-electron chi connectivity index (χ4n) is 4.03. The lowest BCUT2D eigenvalue weighted by Crippen LogP contribution is -2.57. The van der Waals surface area contributed by atoms with Crippen molar-refractivity contribution in [3.8, 4) is 0 Å². The first-order valence-corrected chi connectivity index (χ1v) is 10.3. The summed E-state index contributed by atoms with van der Waals surface area (Å²) in [6, 6.07) is 10.4. The van der Waals surface area contributed by atoms with E-state index in [9.17, 15) is 9.59 Å². The molecule has 1 aliphatic heterocycles. The third-order valence-electron chi connectivity index (χ3n) is 5.45. The lowest BCUT2D eigenvalue weighted by Gasteiger charge is -2.38. The fourth-order valence-corrected chi connectivity index (χ4v) is 4.15. The minimum absolute atomic E-state index is 0.0703. The molecule has 4 rings (SSSR count). The van der Waals surface area contributed by atoms with Gasteiger partial charge in [0.2, 0.25) is 5.84 Å². The number of hydrogen-bond donors (Lipinski definition) is 1. The maximum Gasteiger partial charge on any atom is 0.425 e. The molecular formula is C21H23ClN4O4. The Labute approximate surface area is 179 Å². The predicted octanol–water partition coefficient (Wildman–Crippen LogP) is 4.43. The number of Topliss-reactive ketones (excluding diaryl/α,β-unsaturated/α-hetero) is 1. The van der Waals surface area contributed by atoms with Crippen LogP contribution in [0.4, 0.5) is 10.5 Å². The Morgan fingerprint density at radius 1 is 1.17 bits per heavy atom. The number of amides is 1. The summed E-state index contributed by atoms with van der Waals surface area (Å²) in [5.41, 5.74) is 3.46. The SMILES string of the molecule is COC(=O)NN1C(C(=O)c2ccco2)=NN(c2ccc(Cl)cc2)C1C1CCCCC1. The highest BCUT2D eigenvalue weighted by Gasteiger charge is 2.45. The van der Waals surface area contributed by atoms with Crippen LogP contribution >= 0.6 is 11.6 Å². The molecule has 1 fully saturated rings. The summed E-state index contributed by atoms with van der Waals surface area (Å²) >= 11 is 6.06. The van der Waals surface area contributed by atoms with Crippen molar-refractivity contribution >= 4 is 35.0 Å². The van der Waals surface area contributed by atoms with Crippen LogP contribution in [0.15, 0.2) is 52.2 Å². The number of carbonyl (C=O) groups excluding carboxylic acids is 2. The van der Waals surface area contributed by atoms with Crippen LogP contribution in [0, 0.1) is 5.92 Å². The van der Waals surface area contributed by atoms with Crippen LogP contribution in [0.5, 0.6) is 0 Å². The molecule has 0 saturated heterocycles. The first-order valence-electron chi connectivity index (χ1n) is 9.94. The predicted molar refractivity (Wildman–Crippen MR) is 112 cm³/mol. The minimum Gasteiger partial charge on any atom is -0.461 e. The van der Waals surface area contributed by atoms with Crippen LogP contribution < -0.4 is 10.4 Å².